The van der Waals surface area contributed by atoms with E-state index in [9.17, 15) is 4.39 Å². The van der Waals surface area contributed by atoms with Gasteiger partial charge < -0.3 is 4.42 Å². The lowest BCUT2D eigenvalue weighted by Gasteiger charge is -2.20. The van der Waals surface area contributed by atoms with Gasteiger partial charge in [-0.25, -0.2) is 9.82 Å². The van der Waals surface area contributed by atoms with Crippen molar-refractivity contribution in [1.82, 2.24) is 5.43 Å². The lowest BCUT2D eigenvalue weighted by atomic mass is 9.95. The molecule has 18 heavy (non-hydrogen) atoms. The summed E-state index contributed by atoms with van der Waals surface area (Å²) in [5.74, 6) is 6.48. The maximum Gasteiger partial charge on any atom is 0.134 e. The molecule has 1 heterocycles. The third-order valence-corrected chi connectivity index (χ3v) is 3.30. The van der Waals surface area contributed by atoms with E-state index in [2.05, 4.69) is 19.3 Å². The van der Waals surface area contributed by atoms with Crippen molar-refractivity contribution in [1.29, 1.82) is 0 Å². The van der Waals surface area contributed by atoms with Gasteiger partial charge in [0.25, 0.3) is 0 Å². The minimum absolute atomic E-state index is 0.0413. The molecule has 0 amide bonds. The van der Waals surface area contributed by atoms with Crippen LogP contribution in [0.1, 0.15) is 38.5 Å². The number of fused-ring (bicyclic) bond motifs is 1. The molecule has 98 valence electrons. The van der Waals surface area contributed by atoms with Crippen LogP contribution >= 0.6 is 0 Å². The number of benzene rings is 1. The van der Waals surface area contributed by atoms with Crippen molar-refractivity contribution in [3.8, 4) is 0 Å². The van der Waals surface area contributed by atoms with Crippen LogP contribution in [0.25, 0.3) is 11.0 Å². The second-order valence-corrected chi connectivity index (χ2v) is 4.74. The lowest BCUT2D eigenvalue weighted by Crippen LogP contribution is -2.32. The van der Waals surface area contributed by atoms with Crippen LogP contribution in [0.3, 0.4) is 0 Å². The highest BCUT2D eigenvalue weighted by molar-refractivity contribution is 5.78. The predicted molar refractivity (Wildman–Crippen MR) is 70.3 cm³/mol. The molecule has 4 heteroatoms. The molecule has 0 spiro atoms. The predicted octanol–water partition coefficient (Wildman–Crippen LogP) is 3.51. The first-order chi connectivity index (χ1) is 8.65. The Balaban J connectivity index is 2.33. The molecule has 0 saturated carbocycles. The van der Waals surface area contributed by atoms with E-state index < -0.39 is 0 Å². The van der Waals surface area contributed by atoms with E-state index in [1.165, 1.54) is 12.1 Å². The molecule has 3 N–H and O–H groups in total. The fourth-order valence-corrected chi connectivity index (χ4v) is 2.34. The molecule has 0 aliphatic carbocycles. The summed E-state index contributed by atoms with van der Waals surface area (Å²) in [6.45, 7) is 4.26. The fraction of sp³-hybridized carbons (Fsp3) is 0.429. The summed E-state index contributed by atoms with van der Waals surface area (Å²) in [4.78, 5) is 0. The zero-order valence-corrected chi connectivity index (χ0v) is 10.7. The van der Waals surface area contributed by atoms with Gasteiger partial charge in [0.1, 0.15) is 17.2 Å². The van der Waals surface area contributed by atoms with Gasteiger partial charge in [-0.15, -0.1) is 0 Å². The van der Waals surface area contributed by atoms with Crippen molar-refractivity contribution in [2.24, 2.45) is 11.8 Å². The summed E-state index contributed by atoms with van der Waals surface area (Å²) in [6.07, 6.45) is 2.15. The number of furan rings is 1. The van der Waals surface area contributed by atoms with E-state index in [4.69, 9.17) is 10.3 Å². The van der Waals surface area contributed by atoms with E-state index in [0.29, 0.717) is 11.5 Å². The van der Waals surface area contributed by atoms with E-state index in [-0.39, 0.29) is 11.9 Å². The number of rotatable bonds is 5. The van der Waals surface area contributed by atoms with Crippen LogP contribution in [-0.4, -0.2) is 0 Å². The maximum atomic E-state index is 13.1. The quantitative estimate of drug-likeness (QED) is 0.630. The molecule has 3 nitrogen and oxygen atoms in total. The molecule has 0 aliphatic rings. The first kappa shape index (κ1) is 13.1. The molecular formula is C14H19FN2O. The standard InChI is InChI=1S/C14H19FN2O/c1-3-4-9(2)14(17-16)13-8-10-7-11(15)5-6-12(10)18-13/h5-9,14,17H,3-4,16H2,1-2H3. The molecule has 0 fully saturated rings. The van der Waals surface area contributed by atoms with Crippen molar-refractivity contribution < 1.29 is 8.81 Å². The van der Waals surface area contributed by atoms with Crippen LogP contribution in [0.5, 0.6) is 0 Å². The SMILES string of the molecule is CCCC(C)C(NN)c1cc2cc(F)ccc2o1. The molecule has 0 saturated heterocycles. The van der Waals surface area contributed by atoms with Gasteiger partial charge in [0.2, 0.25) is 0 Å². The smallest absolute Gasteiger partial charge is 0.134 e. The van der Waals surface area contributed by atoms with Gasteiger partial charge in [-0.1, -0.05) is 20.3 Å². The zero-order valence-electron chi connectivity index (χ0n) is 10.7. The topological polar surface area (TPSA) is 51.2 Å². The Bertz CT molecular complexity index is 523. The Kier molecular flexibility index (Phi) is 3.99. The van der Waals surface area contributed by atoms with Crippen molar-refractivity contribution in [2.75, 3.05) is 0 Å². The molecule has 2 unspecified atom stereocenters. The van der Waals surface area contributed by atoms with Crippen molar-refractivity contribution in [3.63, 3.8) is 0 Å². The summed E-state index contributed by atoms with van der Waals surface area (Å²) in [5, 5.41) is 0.772. The average molecular weight is 250 g/mol. The van der Waals surface area contributed by atoms with Crippen molar-refractivity contribution >= 4 is 11.0 Å². The third kappa shape index (κ3) is 2.54. The van der Waals surface area contributed by atoms with E-state index in [1.807, 2.05) is 6.07 Å². The van der Waals surface area contributed by atoms with Crippen LogP contribution in [0.15, 0.2) is 28.7 Å². The van der Waals surface area contributed by atoms with Gasteiger partial charge in [0, 0.05) is 5.39 Å². The Hall–Kier alpha value is -1.39. The van der Waals surface area contributed by atoms with Crippen LogP contribution in [0.2, 0.25) is 0 Å². The largest absolute Gasteiger partial charge is 0.459 e. The Morgan fingerprint density at radius 2 is 2.17 bits per heavy atom. The summed E-state index contributed by atoms with van der Waals surface area (Å²) in [5.41, 5.74) is 3.48. The molecule has 1 aromatic carbocycles. The van der Waals surface area contributed by atoms with Crippen molar-refractivity contribution in [2.45, 2.75) is 32.7 Å². The van der Waals surface area contributed by atoms with Crippen LogP contribution < -0.4 is 11.3 Å². The summed E-state index contributed by atoms with van der Waals surface area (Å²) in [6, 6.07) is 6.33. The molecule has 2 atom stereocenters. The normalized spacial score (nSPS) is 14.9. The van der Waals surface area contributed by atoms with Crippen molar-refractivity contribution in [3.05, 3.63) is 35.8 Å². The third-order valence-electron chi connectivity index (χ3n) is 3.30. The van der Waals surface area contributed by atoms with Gasteiger partial charge in [0.05, 0.1) is 6.04 Å². The average Bonchev–Trinajstić information content (AvgIpc) is 2.72. The summed E-state index contributed by atoms with van der Waals surface area (Å²) in [7, 11) is 0. The Morgan fingerprint density at radius 1 is 1.39 bits per heavy atom. The van der Waals surface area contributed by atoms with Gasteiger partial charge >= 0.3 is 0 Å². The molecule has 2 aromatic rings. The molecule has 0 bridgehead atoms. The number of hydrogen-bond acceptors (Lipinski definition) is 3. The van der Waals surface area contributed by atoms with Gasteiger partial charge in [-0.05, 0) is 36.6 Å². The van der Waals surface area contributed by atoms with E-state index in [0.717, 1.165) is 24.0 Å². The highest BCUT2D eigenvalue weighted by atomic mass is 19.1. The highest BCUT2D eigenvalue weighted by Gasteiger charge is 2.21. The van der Waals surface area contributed by atoms with E-state index >= 15 is 0 Å². The van der Waals surface area contributed by atoms with Crippen LogP contribution in [-0.2, 0) is 0 Å². The lowest BCUT2D eigenvalue weighted by molar-refractivity contribution is 0.321. The second kappa shape index (κ2) is 5.50. The molecule has 2 rings (SSSR count). The first-order valence-corrected chi connectivity index (χ1v) is 6.30. The van der Waals surface area contributed by atoms with Gasteiger partial charge in [0.15, 0.2) is 0 Å². The Labute approximate surface area is 106 Å². The molecular weight excluding hydrogens is 231 g/mol. The monoisotopic (exact) mass is 250 g/mol. The molecule has 0 radical (unpaired) electrons. The van der Waals surface area contributed by atoms with Gasteiger partial charge in [-0.2, -0.15) is 0 Å². The molecule has 0 aliphatic heterocycles. The van der Waals surface area contributed by atoms with Crippen LogP contribution in [0.4, 0.5) is 4.39 Å². The summed E-state index contributed by atoms with van der Waals surface area (Å²) >= 11 is 0. The summed E-state index contributed by atoms with van der Waals surface area (Å²) < 4.78 is 18.9. The van der Waals surface area contributed by atoms with Gasteiger partial charge in [-0.3, -0.25) is 5.84 Å². The number of hydrazine groups is 1. The number of nitrogens with one attached hydrogen (secondary N) is 1. The Morgan fingerprint density at radius 3 is 2.83 bits per heavy atom. The van der Waals surface area contributed by atoms with E-state index in [1.54, 1.807) is 6.07 Å². The minimum Gasteiger partial charge on any atom is -0.459 e. The maximum absolute atomic E-state index is 13.1. The molecule has 1 aromatic heterocycles. The number of nitrogens with two attached hydrogens (primary N) is 1. The van der Waals surface area contributed by atoms with Crippen LogP contribution in [0, 0.1) is 11.7 Å². The number of hydrogen-bond donors (Lipinski definition) is 2. The zero-order chi connectivity index (χ0) is 13.1. The first-order valence-electron chi connectivity index (χ1n) is 6.30. The highest BCUT2D eigenvalue weighted by Crippen LogP contribution is 2.30. The minimum atomic E-state index is -0.256. The fourth-order valence-electron chi connectivity index (χ4n) is 2.34. The second-order valence-electron chi connectivity index (χ2n) is 4.74. The number of halogens is 1.